The molecule has 0 spiro atoms. The van der Waals surface area contributed by atoms with E-state index in [0.29, 0.717) is 0 Å². The summed E-state index contributed by atoms with van der Waals surface area (Å²) < 4.78 is 12.2. The number of halogens is 1. The minimum absolute atomic E-state index is 0.216. The molecule has 0 radical (unpaired) electrons. The molecule has 5 heteroatoms. The van der Waals surface area contributed by atoms with Gasteiger partial charge >= 0.3 is 0 Å². The Balaban J connectivity index is 2.29. The Morgan fingerprint density at radius 2 is 2.43 bits per heavy atom. The molecule has 1 heterocycles. The zero-order chi connectivity index (χ0) is 10.6. The van der Waals surface area contributed by atoms with Gasteiger partial charge in [0.25, 0.3) is 0 Å². The predicted molar refractivity (Wildman–Crippen MR) is 67.3 cm³/mol. The van der Waals surface area contributed by atoms with E-state index < -0.39 is 10.8 Å². The second-order valence-electron chi connectivity index (χ2n) is 3.13. The summed E-state index contributed by atoms with van der Waals surface area (Å²) in [6, 6.07) is 2.04. The van der Waals surface area contributed by atoms with Crippen LogP contribution in [-0.4, -0.2) is 22.3 Å². The monoisotopic (exact) mass is 295 g/mol. The molecule has 1 N–H and O–H groups in total. The lowest BCUT2D eigenvalue weighted by Crippen LogP contribution is -2.26. The smallest absolute Gasteiger partial charge is 0.0441 e. The van der Waals surface area contributed by atoms with E-state index in [1.165, 1.54) is 4.88 Å². The van der Waals surface area contributed by atoms with E-state index >= 15 is 0 Å². The summed E-state index contributed by atoms with van der Waals surface area (Å²) in [4.78, 5) is 1.29. The molecule has 0 saturated carbocycles. The average molecular weight is 296 g/mol. The van der Waals surface area contributed by atoms with Gasteiger partial charge in [0.1, 0.15) is 0 Å². The molecular weight excluding hydrogens is 282 g/mol. The number of rotatable bonds is 5. The maximum Gasteiger partial charge on any atom is 0.0441 e. The number of hydrogen-bond acceptors (Lipinski definition) is 3. The first kappa shape index (κ1) is 12.4. The van der Waals surface area contributed by atoms with Crippen LogP contribution in [0.3, 0.4) is 0 Å². The highest BCUT2D eigenvalue weighted by atomic mass is 79.9. The van der Waals surface area contributed by atoms with E-state index in [4.69, 9.17) is 0 Å². The third-order valence-corrected chi connectivity index (χ3v) is 5.20. The molecule has 0 fully saturated rings. The predicted octanol–water partition coefficient (Wildman–Crippen LogP) is 2.37. The minimum atomic E-state index is -0.735. The lowest BCUT2D eigenvalue weighted by atomic mass is 10.4. The summed E-state index contributed by atoms with van der Waals surface area (Å²) in [5, 5.41) is 5.57. The molecule has 1 aromatic rings. The Morgan fingerprint density at radius 1 is 1.71 bits per heavy atom. The molecule has 0 aliphatic rings. The van der Waals surface area contributed by atoms with Gasteiger partial charge in [0, 0.05) is 44.7 Å². The van der Waals surface area contributed by atoms with Crippen LogP contribution in [0.4, 0.5) is 0 Å². The van der Waals surface area contributed by atoms with Crippen molar-refractivity contribution in [3.8, 4) is 0 Å². The maximum atomic E-state index is 11.1. The zero-order valence-electron chi connectivity index (χ0n) is 8.25. The van der Waals surface area contributed by atoms with Gasteiger partial charge in [-0.15, -0.1) is 11.3 Å². The van der Waals surface area contributed by atoms with Crippen LogP contribution in [0.2, 0.25) is 0 Å². The Hall–Kier alpha value is 0.290. The van der Waals surface area contributed by atoms with Crippen LogP contribution < -0.4 is 5.32 Å². The van der Waals surface area contributed by atoms with Crippen molar-refractivity contribution in [2.24, 2.45) is 0 Å². The minimum Gasteiger partial charge on any atom is -0.311 e. The number of nitrogens with one attached hydrogen (secondary N) is 1. The highest BCUT2D eigenvalue weighted by molar-refractivity contribution is 9.10. The Morgan fingerprint density at radius 3 is 2.93 bits per heavy atom. The normalized spacial score (nSPS) is 15.4. The largest absolute Gasteiger partial charge is 0.311 e. The van der Waals surface area contributed by atoms with E-state index in [-0.39, 0.29) is 5.25 Å². The summed E-state index contributed by atoms with van der Waals surface area (Å²) in [7, 11) is -0.735. The van der Waals surface area contributed by atoms with Gasteiger partial charge < -0.3 is 5.32 Å². The van der Waals surface area contributed by atoms with E-state index in [1.54, 1.807) is 17.6 Å². The van der Waals surface area contributed by atoms with Crippen LogP contribution in [0.5, 0.6) is 0 Å². The quantitative estimate of drug-likeness (QED) is 0.904. The topological polar surface area (TPSA) is 29.1 Å². The summed E-state index contributed by atoms with van der Waals surface area (Å²) in [6.45, 7) is 3.64. The van der Waals surface area contributed by atoms with Crippen molar-refractivity contribution >= 4 is 38.1 Å². The highest BCUT2D eigenvalue weighted by Gasteiger charge is 2.06. The first-order chi connectivity index (χ1) is 6.61. The van der Waals surface area contributed by atoms with Crippen molar-refractivity contribution in [2.45, 2.75) is 18.7 Å². The summed E-state index contributed by atoms with van der Waals surface area (Å²) >= 11 is 5.20. The van der Waals surface area contributed by atoms with Crippen molar-refractivity contribution in [2.75, 3.05) is 12.8 Å². The molecule has 0 amide bonds. The molecule has 2 unspecified atom stereocenters. The van der Waals surface area contributed by atoms with Crippen molar-refractivity contribution in [3.05, 3.63) is 20.8 Å². The van der Waals surface area contributed by atoms with Gasteiger partial charge in [-0.3, -0.25) is 4.21 Å². The molecule has 0 saturated heterocycles. The van der Waals surface area contributed by atoms with Gasteiger partial charge in [0.15, 0.2) is 0 Å². The van der Waals surface area contributed by atoms with Crippen molar-refractivity contribution in [1.29, 1.82) is 0 Å². The Labute approximate surface area is 99.7 Å². The average Bonchev–Trinajstić information content (AvgIpc) is 2.51. The van der Waals surface area contributed by atoms with Crippen molar-refractivity contribution < 1.29 is 4.21 Å². The lowest BCUT2D eigenvalue weighted by Gasteiger charge is -2.08. The number of thiophene rings is 1. The first-order valence-electron chi connectivity index (χ1n) is 4.36. The van der Waals surface area contributed by atoms with E-state index in [1.807, 2.05) is 13.0 Å². The molecule has 0 aliphatic heterocycles. The third-order valence-electron chi connectivity index (χ3n) is 1.98. The van der Waals surface area contributed by atoms with Gasteiger partial charge in [-0.25, -0.2) is 0 Å². The zero-order valence-corrected chi connectivity index (χ0v) is 11.5. The lowest BCUT2D eigenvalue weighted by molar-refractivity contribution is 0.649. The van der Waals surface area contributed by atoms with Crippen LogP contribution in [0.15, 0.2) is 15.9 Å². The van der Waals surface area contributed by atoms with Gasteiger partial charge in [0.2, 0.25) is 0 Å². The summed E-state index contributed by atoms with van der Waals surface area (Å²) in [5.41, 5.74) is 0. The Kier molecular flexibility index (Phi) is 5.30. The molecule has 1 aromatic heterocycles. The van der Waals surface area contributed by atoms with Gasteiger partial charge in [-0.1, -0.05) is 0 Å². The second-order valence-corrected chi connectivity index (χ2v) is 6.79. The molecule has 0 aromatic carbocycles. The highest BCUT2D eigenvalue weighted by Crippen LogP contribution is 2.21. The third kappa shape index (κ3) is 3.81. The maximum absolute atomic E-state index is 11.1. The van der Waals surface area contributed by atoms with Crippen LogP contribution in [0.25, 0.3) is 0 Å². The molecule has 80 valence electrons. The molecule has 2 nitrogen and oxygen atoms in total. The summed E-state index contributed by atoms with van der Waals surface area (Å²) in [6.07, 6.45) is 1.74. The van der Waals surface area contributed by atoms with E-state index in [0.717, 1.165) is 17.6 Å². The Bertz CT molecular complexity index is 314. The fourth-order valence-corrected chi connectivity index (χ4v) is 2.77. The van der Waals surface area contributed by atoms with E-state index in [9.17, 15) is 4.21 Å². The van der Waals surface area contributed by atoms with Crippen LogP contribution >= 0.6 is 27.3 Å². The molecule has 1 rings (SSSR count). The molecule has 2 atom stereocenters. The van der Waals surface area contributed by atoms with Gasteiger partial charge in [-0.2, -0.15) is 0 Å². The summed E-state index contributed by atoms with van der Waals surface area (Å²) in [5.74, 6) is 0. The molecular formula is C9H14BrNOS2. The van der Waals surface area contributed by atoms with E-state index in [2.05, 4.69) is 26.6 Å². The first-order valence-corrected chi connectivity index (χ1v) is 7.65. The fraction of sp³-hybridized carbons (Fsp3) is 0.556. The van der Waals surface area contributed by atoms with Gasteiger partial charge in [0.05, 0.1) is 0 Å². The van der Waals surface area contributed by atoms with Crippen LogP contribution in [0.1, 0.15) is 11.8 Å². The van der Waals surface area contributed by atoms with Crippen LogP contribution in [-0.2, 0) is 17.3 Å². The molecule has 0 aliphatic carbocycles. The standard InChI is InChI=1S/C9H14BrNOS2/c1-7(14(2)12)5-11-6-9-8(10)3-4-13-9/h3-4,7,11H,5-6H2,1-2H3. The second kappa shape index (κ2) is 6.00. The van der Waals surface area contributed by atoms with Crippen molar-refractivity contribution in [1.82, 2.24) is 5.32 Å². The molecule has 0 bridgehead atoms. The van der Waals surface area contributed by atoms with Crippen LogP contribution in [0, 0.1) is 0 Å². The number of hydrogen-bond donors (Lipinski definition) is 1. The fourth-order valence-electron chi connectivity index (χ4n) is 0.958. The van der Waals surface area contributed by atoms with Crippen molar-refractivity contribution in [3.63, 3.8) is 0 Å². The SMILES string of the molecule is CC(CNCc1sccc1Br)S(C)=O. The van der Waals surface area contributed by atoms with Gasteiger partial charge in [-0.05, 0) is 34.3 Å². The molecule has 14 heavy (non-hydrogen) atoms.